The van der Waals surface area contributed by atoms with E-state index in [9.17, 15) is 4.79 Å². The van der Waals surface area contributed by atoms with E-state index < -0.39 is 5.97 Å². The minimum atomic E-state index is -0.600. The smallest absolute Gasteiger partial charge is 0.343 e. The lowest BCUT2D eigenvalue weighted by molar-refractivity contribution is 0.0596. The predicted octanol–water partition coefficient (Wildman–Crippen LogP) is 1.64. The van der Waals surface area contributed by atoms with Crippen LogP contribution in [0.5, 0.6) is 5.75 Å². The Bertz CT molecular complexity index is 437. The lowest BCUT2D eigenvalue weighted by Crippen LogP contribution is -2.07. The number of hydrogen-bond donors (Lipinski definition) is 1. The molecule has 0 saturated carbocycles. The minimum absolute atomic E-state index is 0.125. The minimum Gasteiger partial charge on any atom is -0.496 e. The number of carbonyl (C=O) groups excluding carboxylic acids is 1. The fourth-order valence-corrected chi connectivity index (χ4v) is 1.41. The molecule has 78 valence electrons. The van der Waals surface area contributed by atoms with E-state index in [1.807, 2.05) is 6.07 Å². The summed E-state index contributed by atoms with van der Waals surface area (Å²) in [7, 11) is 2.66. The molecule has 0 aliphatic carbocycles. The van der Waals surface area contributed by atoms with Gasteiger partial charge < -0.3 is 9.47 Å². The van der Waals surface area contributed by atoms with E-state index in [2.05, 4.69) is 17.4 Å². The zero-order chi connectivity index (χ0) is 11.4. The van der Waals surface area contributed by atoms with Crippen LogP contribution in [0.25, 0.3) is 0 Å². The molecule has 4 nitrogen and oxygen atoms in total. The molecule has 0 N–H and O–H groups in total. The highest BCUT2D eigenvalue weighted by molar-refractivity contribution is 7.80. The maximum absolute atomic E-state index is 11.4. The Labute approximate surface area is 92.8 Å². The first-order valence-corrected chi connectivity index (χ1v) is 4.48. The lowest BCUT2D eigenvalue weighted by Gasteiger charge is -2.08. The van der Waals surface area contributed by atoms with Gasteiger partial charge in [-0.1, -0.05) is 0 Å². The maximum atomic E-state index is 11.4. The monoisotopic (exact) mass is 223 g/mol. The zero-order valence-electron chi connectivity index (χ0n) is 8.27. The number of nitriles is 1. The van der Waals surface area contributed by atoms with E-state index in [0.29, 0.717) is 4.90 Å². The molecule has 0 amide bonds. The Morgan fingerprint density at radius 3 is 2.60 bits per heavy atom. The van der Waals surface area contributed by atoms with Crippen LogP contribution in [0.3, 0.4) is 0 Å². The van der Waals surface area contributed by atoms with E-state index in [0.717, 1.165) is 0 Å². The normalized spacial score (nSPS) is 9.20. The molecule has 0 atom stereocenters. The molecule has 1 aromatic rings. The molecule has 0 spiro atoms. The summed E-state index contributed by atoms with van der Waals surface area (Å²) < 4.78 is 9.56. The van der Waals surface area contributed by atoms with E-state index in [4.69, 9.17) is 10.00 Å². The molecule has 15 heavy (non-hydrogen) atoms. The molecule has 0 aliphatic heterocycles. The van der Waals surface area contributed by atoms with Crippen molar-refractivity contribution in [3.8, 4) is 11.8 Å². The average Bonchev–Trinajstić information content (AvgIpc) is 2.26. The van der Waals surface area contributed by atoms with Gasteiger partial charge in [0.15, 0.2) is 0 Å². The van der Waals surface area contributed by atoms with E-state index in [1.165, 1.54) is 20.3 Å². The van der Waals surface area contributed by atoms with Crippen LogP contribution < -0.4 is 4.74 Å². The van der Waals surface area contributed by atoms with Gasteiger partial charge in [-0.3, -0.25) is 0 Å². The highest BCUT2D eigenvalue weighted by atomic mass is 32.1. The third-order valence-electron chi connectivity index (χ3n) is 1.82. The first kappa shape index (κ1) is 11.4. The second-order valence-electron chi connectivity index (χ2n) is 2.67. The highest BCUT2D eigenvalue weighted by Crippen LogP contribution is 2.26. The Kier molecular flexibility index (Phi) is 3.58. The van der Waals surface area contributed by atoms with Crippen molar-refractivity contribution in [1.29, 1.82) is 5.26 Å². The fraction of sp³-hybridized carbons (Fsp3) is 0.200. The van der Waals surface area contributed by atoms with Crippen molar-refractivity contribution in [3.63, 3.8) is 0 Å². The molecule has 0 aromatic heterocycles. The summed E-state index contributed by atoms with van der Waals surface area (Å²) in [4.78, 5) is 12.0. The first-order chi connectivity index (χ1) is 7.13. The summed E-state index contributed by atoms with van der Waals surface area (Å²) >= 11 is 4.09. The van der Waals surface area contributed by atoms with Gasteiger partial charge in [-0.25, -0.2) is 4.79 Å². The molecule has 0 bridgehead atoms. The summed E-state index contributed by atoms with van der Waals surface area (Å²) in [5, 5.41) is 8.86. The fourth-order valence-electron chi connectivity index (χ4n) is 1.16. The van der Waals surface area contributed by atoms with E-state index in [1.54, 1.807) is 6.07 Å². The van der Waals surface area contributed by atoms with Gasteiger partial charge in [0.2, 0.25) is 0 Å². The van der Waals surface area contributed by atoms with Crippen LogP contribution in [0, 0.1) is 11.3 Å². The summed E-state index contributed by atoms with van der Waals surface area (Å²) in [5.74, 6) is -0.317. The molecule has 0 unspecified atom stereocenters. The van der Waals surface area contributed by atoms with E-state index >= 15 is 0 Å². The van der Waals surface area contributed by atoms with Gasteiger partial charge >= 0.3 is 5.97 Å². The number of hydrogen-bond acceptors (Lipinski definition) is 5. The number of esters is 1. The van der Waals surface area contributed by atoms with Crippen molar-refractivity contribution in [3.05, 3.63) is 23.3 Å². The summed E-state index contributed by atoms with van der Waals surface area (Å²) in [6, 6.07) is 4.93. The van der Waals surface area contributed by atoms with E-state index in [-0.39, 0.29) is 16.9 Å². The van der Waals surface area contributed by atoms with Gasteiger partial charge in [0.25, 0.3) is 0 Å². The van der Waals surface area contributed by atoms with Crippen LogP contribution in [0.2, 0.25) is 0 Å². The average molecular weight is 223 g/mol. The summed E-state index contributed by atoms with van der Waals surface area (Å²) in [6.45, 7) is 0. The van der Waals surface area contributed by atoms with Gasteiger partial charge in [-0.05, 0) is 12.1 Å². The molecule has 0 aliphatic rings. The Morgan fingerprint density at radius 2 is 2.13 bits per heavy atom. The largest absolute Gasteiger partial charge is 0.496 e. The molecule has 0 fully saturated rings. The van der Waals surface area contributed by atoms with Gasteiger partial charge in [-0.2, -0.15) is 5.26 Å². The van der Waals surface area contributed by atoms with Gasteiger partial charge in [0.05, 0.1) is 19.8 Å². The van der Waals surface area contributed by atoms with Crippen molar-refractivity contribution in [2.24, 2.45) is 0 Å². The second kappa shape index (κ2) is 4.71. The molecule has 0 heterocycles. The number of nitrogens with zero attached hydrogens (tertiary/aromatic N) is 1. The zero-order valence-corrected chi connectivity index (χ0v) is 9.17. The number of benzene rings is 1. The number of thiol groups is 1. The topological polar surface area (TPSA) is 59.3 Å². The summed E-state index contributed by atoms with van der Waals surface area (Å²) in [6.07, 6.45) is 0. The maximum Gasteiger partial charge on any atom is 0.343 e. The predicted molar refractivity (Wildman–Crippen MR) is 56.3 cm³/mol. The quantitative estimate of drug-likeness (QED) is 0.611. The van der Waals surface area contributed by atoms with Crippen LogP contribution in [0.15, 0.2) is 17.0 Å². The second-order valence-corrected chi connectivity index (χ2v) is 3.19. The number of carbonyl (C=O) groups is 1. The number of ether oxygens (including phenoxy) is 2. The van der Waals surface area contributed by atoms with Gasteiger partial charge in [-0.15, -0.1) is 12.6 Å². The standard InChI is InChI=1S/C10H9NO3S/c1-13-8-4-7(15)3-6(5-11)9(8)10(12)14-2/h3-4,15H,1-2H3. The molecule has 5 heteroatoms. The number of rotatable bonds is 2. The Hall–Kier alpha value is -1.67. The van der Waals surface area contributed by atoms with Crippen molar-refractivity contribution in [2.75, 3.05) is 14.2 Å². The van der Waals surface area contributed by atoms with Crippen molar-refractivity contribution in [2.45, 2.75) is 4.90 Å². The van der Waals surface area contributed by atoms with Crippen LogP contribution in [-0.2, 0) is 4.74 Å². The third kappa shape index (κ3) is 2.22. The molecule has 1 aromatic carbocycles. The molecular formula is C10H9NO3S. The van der Waals surface area contributed by atoms with Crippen LogP contribution in [-0.4, -0.2) is 20.2 Å². The molecule has 0 radical (unpaired) electrons. The first-order valence-electron chi connectivity index (χ1n) is 4.03. The van der Waals surface area contributed by atoms with Crippen molar-refractivity contribution < 1.29 is 14.3 Å². The Balaban J connectivity index is 3.45. The Morgan fingerprint density at radius 1 is 1.47 bits per heavy atom. The van der Waals surface area contributed by atoms with Crippen LogP contribution >= 0.6 is 12.6 Å². The van der Waals surface area contributed by atoms with Crippen molar-refractivity contribution in [1.82, 2.24) is 0 Å². The number of methoxy groups -OCH3 is 2. The van der Waals surface area contributed by atoms with Crippen molar-refractivity contribution >= 4 is 18.6 Å². The molecule has 0 saturated heterocycles. The lowest BCUT2D eigenvalue weighted by atomic mass is 10.1. The van der Waals surface area contributed by atoms with Gasteiger partial charge in [0.1, 0.15) is 17.4 Å². The molecular weight excluding hydrogens is 214 g/mol. The SMILES string of the molecule is COC(=O)c1c(C#N)cc(S)cc1OC. The van der Waals surface area contributed by atoms with Crippen LogP contribution in [0.4, 0.5) is 0 Å². The highest BCUT2D eigenvalue weighted by Gasteiger charge is 2.18. The van der Waals surface area contributed by atoms with Gasteiger partial charge in [0, 0.05) is 4.90 Å². The molecule has 1 rings (SSSR count). The summed E-state index contributed by atoms with van der Waals surface area (Å²) in [5.41, 5.74) is 0.312. The van der Waals surface area contributed by atoms with Crippen LogP contribution in [0.1, 0.15) is 15.9 Å². The third-order valence-corrected chi connectivity index (χ3v) is 2.08.